The van der Waals surface area contributed by atoms with Crippen LogP contribution in [0.1, 0.15) is 36.5 Å². The van der Waals surface area contributed by atoms with Crippen molar-refractivity contribution in [1.82, 2.24) is 0 Å². The zero-order valence-electron chi connectivity index (χ0n) is 17.4. The fourth-order valence-electron chi connectivity index (χ4n) is 2.96. The Labute approximate surface area is 186 Å². The SMILES string of the molecule is Cc1cc(OCC(=O)Nc2ccc(OCc3ccccc3)cc2)c(C(C)C)cc1Br. The smallest absolute Gasteiger partial charge is 0.262 e. The van der Waals surface area contributed by atoms with Crippen LogP contribution in [0.25, 0.3) is 0 Å². The molecular weight excluding hydrogens is 442 g/mol. The van der Waals surface area contributed by atoms with Crippen LogP contribution in [0.15, 0.2) is 71.2 Å². The lowest BCUT2D eigenvalue weighted by molar-refractivity contribution is -0.118. The molecule has 30 heavy (non-hydrogen) atoms. The van der Waals surface area contributed by atoms with Crippen molar-refractivity contribution in [3.63, 3.8) is 0 Å². The molecule has 0 saturated heterocycles. The summed E-state index contributed by atoms with van der Waals surface area (Å²) in [7, 11) is 0. The standard InChI is InChI=1S/C25H26BrNO3/c1-17(2)22-14-23(26)18(3)13-24(22)30-16-25(28)27-20-9-11-21(12-10-20)29-15-19-7-5-4-6-8-19/h4-14,17H,15-16H2,1-3H3,(H,27,28). The molecule has 0 aliphatic carbocycles. The number of benzene rings is 3. The number of aryl methyl sites for hydroxylation is 1. The van der Waals surface area contributed by atoms with E-state index in [4.69, 9.17) is 9.47 Å². The van der Waals surface area contributed by atoms with Gasteiger partial charge in [0, 0.05) is 10.2 Å². The number of nitrogens with one attached hydrogen (secondary N) is 1. The third-order valence-electron chi connectivity index (χ3n) is 4.66. The van der Waals surface area contributed by atoms with Gasteiger partial charge in [0.1, 0.15) is 18.1 Å². The van der Waals surface area contributed by atoms with Crippen molar-refractivity contribution in [2.75, 3.05) is 11.9 Å². The average molecular weight is 468 g/mol. The van der Waals surface area contributed by atoms with Crippen molar-refractivity contribution in [2.24, 2.45) is 0 Å². The van der Waals surface area contributed by atoms with Gasteiger partial charge in [-0.1, -0.05) is 60.1 Å². The number of hydrogen-bond acceptors (Lipinski definition) is 3. The molecule has 0 unspecified atom stereocenters. The van der Waals surface area contributed by atoms with Crippen molar-refractivity contribution >= 4 is 27.5 Å². The molecule has 3 aromatic rings. The Hall–Kier alpha value is -2.79. The summed E-state index contributed by atoms with van der Waals surface area (Å²) in [5, 5.41) is 2.86. The highest BCUT2D eigenvalue weighted by Crippen LogP contribution is 2.32. The van der Waals surface area contributed by atoms with Crippen LogP contribution in [0.3, 0.4) is 0 Å². The van der Waals surface area contributed by atoms with Crippen LogP contribution in [0.2, 0.25) is 0 Å². The predicted molar refractivity (Wildman–Crippen MR) is 124 cm³/mol. The Kier molecular flexibility index (Phi) is 7.52. The minimum atomic E-state index is -0.205. The van der Waals surface area contributed by atoms with Gasteiger partial charge in [-0.15, -0.1) is 0 Å². The number of carbonyl (C=O) groups is 1. The highest BCUT2D eigenvalue weighted by Gasteiger charge is 2.13. The normalized spacial score (nSPS) is 10.7. The van der Waals surface area contributed by atoms with Crippen molar-refractivity contribution in [1.29, 1.82) is 0 Å². The summed E-state index contributed by atoms with van der Waals surface area (Å²) in [6.07, 6.45) is 0. The van der Waals surface area contributed by atoms with Gasteiger partial charge in [0.25, 0.3) is 5.91 Å². The molecule has 0 aliphatic rings. The van der Waals surface area contributed by atoms with E-state index in [0.29, 0.717) is 18.2 Å². The third-order valence-corrected chi connectivity index (χ3v) is 5.51. The maximum Gasteiger partial charge on any atom is 0.262 e. The zero-order chi connectivity index (χ0) is 21.5. The van der Waals surface area contributed by atoms with Gasteiger partial charge < -0.3 is 14.8 Å². The van der Waals surface area contributed by atoms with Crippen LogP contribution in [0.5, 0.6) is 11.5 Å². The second-order valence-electron chi connectivity index (χ2n) is 7.43. The molecule has 0 heterocycles. The van der Waals surface area contributed by atoms with Crippen LogP contribution in [0.4, 0.5) is 5.69 Å². The molecule has 0 aliphatic heterocycles. The quantitative estimate of drug-likeness (QED) is 0.412. The van der Waals surface area contributed by atoms with E-state index in [1.807, 2.05) is 67.6 Å². The number of halogens is 1. The highest BCUT2D eigenvalue weighted by atomic mass is 79.9. The van der Waals surface area contributed by atoms with Crippen LogP contribution in [0, 0.1) is 6.92 Å². The lowest BCUT2D eigenvalue weighted by Gasteiger charge is -2.16. The molecule has 5 heteroatoms. The second-order valence-corrected chi connectivity index (χ2v) is 8.28. The number of ether oxygens (including phenoxy) is 2. The van der Waals surface area contributed by atoms with Crippen LogP contribution >= 0.6 is 15.9 Å². The van der Waals surface area contributed by atoms with Gasteiger partial charge in [0.15, 0.2) is 6.61 Å². The van der Waals surface area contributed by atoms with Crippen LogP contribution in [-0.4, -0.2) is 12.5 Å². The monoisotopic (exact) mass is 467 g/mol. The Morgan fingerprint density at radius 3 is 2.37 bits per heavy atom. The molecule has 3 aromatic carbocycles. The molecule has 4 nitrogen and oxygen atoms in total. The number of carbonyl (C=O) groups excluding carboxylic acids is 1. The third kappa shape index (κ3) is 6.10. The van der Waals surface area contributed by atoms with E-state index >= 15 is 0 Å². The fraction of sp³-hybridized carbons (Fsp3) is 0.240. The van der Waals surface area contributed by atoms with E-state index in [2.05, 4.69) is 41.2 Å². The van der Waals surface area contributed by atoms with Gasteiger partial charge in [0.05, 0.1) is 0 Å². The van der Waals surface area contributed by atoms with Gasteiger partial charge in [-0.3, -0.25) is 4.79 Å². The van der Waals surface area contributed by atoms with Crippen molar-refractivity contribution in [2.45, 2.75) is 33.3 Å². The van der Waals surface area contributed by atoms with Gasteiger partial charge in [-0.2, -0.15) is 0 Å². The van der Waals surface area contributed by atoms with E-state index in [0.717, 1.165) is 32.7 Å². The first-order valence-corrected chi connectivity index (χ1v) is 10.7. The Bertz CT molecular complexity index is 985. The highest BCUT2D eigenvalue weighted by molar-refractivity contribution is 9.10. The summed E-state index contributed by atoms with van der Waals surface area (Å²) in [5.41, 5.74) is 3.95. The van der Waals surface area contributed by atoms with Gasteiger partial charge in [-0.25, -0.2) is 0 Å². The topological polar surface area (TPSA) is 47.6 Å². The lowest BCUT2D eigenvalue weighted by atomic mass is 10.0. The van der Waals surface area contributed by atoms with Crippen LogP contribution < -0.4 is 14.8 Å². The molecule has 0 saturated carbocycles. The van der Waals surface area contributed by atoms with Gasteiger partial charge in [0.2, 0.25) is 0 Å². The Morgan fingerprint density at radius 2 is 1.70 bits per heavy atom. The summed E-state index contributed by atoms with van der Waals surface area (Å²) in [5.74, 6) is 1.58. The fourth-order valence-corrected chi connectivity index (χ4v) is 3.32. The summed E-state index contributed by atoms with van der Waals surface area (Å²) in [6, 6.07) is 21.3. The average Bonchev–Trinajstić information content (AvgIpc) is 2.74. The molecule has 1 N–H and O–H groups in total. The molecule has 0 bridgehead atoms. The molecule has 1 amide bonds. The van der Waals surface area contributed by atoms with Crippen LogP contribution in [-0.2, 0) is 11.4 Å². The lowest BCUT2D eigenvalue weighted by Crippen LogP contribution is -2.20. The van der Waals surface area contributed by atoms with E-state index in [9.17, 15) is 4.79 Å². The van der Waals surface area contributed by atoms with Crippen molar-refractivity contribution in [3.05, 3.63) is 87.9 Å². The molecule has 0 spiro atoms. The Morgan fingerprint density at radius 1 is 1.00 bits per heavy atom. The summed E-state index contributed by atoms with van der Waals surface area (Å²) < 4.78 is 12.6. The number of amides is 1. The molecule has 0 radical (unpaired) electrons. The maximum atomic E-state index is 12.3. The molecular formula is C25H26BrNO3. The molecule has 3 rings (SSSR count). The number of rotatable bonds is 8. The van der Waals surface area contributed by atoms with E-state index in [1.165, 1.54) is 0 Å². The summed E-state index contributed by atoms with van der Waals surface area (Å²) in [4.78, 5) is 12.3. The van der Waals surface area contributed by atoms with Crippen molar-refractivity contribution < 1.29 is 14.3 Å². The molecule has 0 aromatic heterocycles. The van der Waals surface area contributed by atoms with E-state index in [1.54, 1.807) is 0 Å². The maximum absolute atomic E-state index is 12.3. The predicted octanol–water partition coefficient (Wildman–Crippen LogP) is 6.48. The molecule has 0 fully saturated rings. The minimum absolute atomic E-state index is 0.0486. The van der Waals surface area contributed by atoms with Gasteiger partial charge >= 0.3 is 0 Å². The van der Waals surface area contributed by atoms with E-state index in [-0.39, 0.29) is 12.5 Å². The zero-order valence-corrected chi connectivity index (χ0v) is 19.0. The van der Waals surface area contributed by atoms with Gasteiger partial charge in [-0.05, 0) is 65.9 Å². The number of hydrogen-bond donors (Lipinski definition) is 1. The van der Waals surface area contributed by atoms with Crippen molar-refractivity contribution in [3.8, 4) is 11.5 Å². The summed E-state index contributed by atoms with van der Waals surface area (Å²) >= 11 is 3.56. The first-order chi connectivity index (χ1) is 14.4. The first-order valence-electron chi connectivity index (χ1n) is 9.92. The second kappa shape index (κ2) is 10.3. The molecule has 0 atom stereocenters. The first kappa shape index (κ1) is 21.9. The molecule has 156 valence electrons. The minimum Gasteiger partial charge on any atom is -0.489 e. The number of anilines is 1. The largest absolute Gasteiger partial charge is 0.489 e. The van der Waals surface area contributed by atoms with E-state index < -0.39 is 0 Å². The summed E-state index contributed by atoms with van der Waals surface area (Å²) in [6.45, 7) is 6.66. The Balaban J connectivity index is 1.53.